The van der Waals surface area contributed by atoms with Crippen molar-refractivity contribution < 1.29 is 19.4 Å². The van der Waals surface area contributed by atoms with Crippen LogP contribution in [0.1, 0.15) is 16.7 Å². The van der Waals surface area contributed by atoms with Gasteiger partial charge in [0.2, 0.25) is 0 Å². The topological polar surface area (TPSA) is 55.8 Å². The van der Waals surface area contributed by atoms with Gasteiger partial charge in [0, 0.05) is 17.0 Å². The molecule has 0 aliphatic rings. The zero-order valence-electron chi connectivity index (χ0n) is 15.7. The van der Waals surface area contributed by atoms with Gasteiger partial charge in [-0.3, -0.25) is 0 Å². The van der Waals surface area contributed by atoms with Crippen LogP contribution in [0.4, 0.5) is 0 Å². The van der Waals surface area contributed by atoms with Crippen LogP contribution in [0.3, 0.4) is 0 Å². The number of carbonyl (C=O) groups is 1. The summed E-state index contributed by atoms with van der Waals surface area (Å²) in [6, 6.07) is 20.0. The first-order chi connectivity index (χ1) is 13.4. The number of carboxylic acids is 1. The molecule has 0 aromatic heterocycles. The Kier molecular flexibility index (Phi) is 6.22. The summed E-state index contributed by atoms with van der Waals surface area (Å²) in [4.78, 5) is 11.8. The van der Waals surface area contributed by atoms with E-state index in [0.29, 0.717) is 27.8 Å². The minimum absolute atomic E-state index is 0.116. The molecule has 0 aliphatic carbocycles. The van der Waals surface area contributed by atoms with Crippen LogP contribution in [0.2, 0.25) is 5.02 Å². The molecule has 0 amide bonds. The van der Waals surface area contributed by atoms with Crippen LogP contribution >= 0.6 is 11.6 Å². The molecule has 28 heavy (non-hydrogen) atoms. The number of hydrogen-bond acceptors (Lipinski definition) is 3. The molecule has 1 unspecified atom stereocenters. The van der Waals surface area contributed by atoms with Crippen LogP contribution in [-0.4, -0.2) is 17.2 Å². The Morgan fingerprint density at radius 3 is 2.39 bits per heavy atom. The van der Waals surface area contributed by atoms with Crippen molar-refractivity contribution in [1.29, 1.82) is 0 Å². The molecule has 0 saturated carbocycles. The van der Waals surface area contributed by atoms with E-state index in [9.17, 15) is 9.90 Å². The monoisotopic (exact) mass is 396 g/mol. The van der Waals surface area contributed by atoms with E-state index in [2.05, 4.69) is 0 Å². The first-order valence-corrected chi connectivity index (χ1v) is 9.28. The van der Waals surface area contributed by atoms with Crippen LogP contribution in [0.5, 0.6) is 17.2 Å². The van der Waals surface area contributed by atoms with E-state index in [1.807, 2.05) is 56.3 Å². The Bertz CT molecular complexity index is 970. The van der Waals surface area contributed by atoms with Gasteiger partial charge < -0.3 is 14.6 Å². The molecule has 1 atom stereocenters. The van der Waals surface area contributed by atoms with Crippen LogP contribution < -0.4 is 9.47 Å². The van der Waals surface area contributed by atoms with Crippen LogP contribution in [-0.2, 0) is 11.2 Å². The lowest BCUT2D eigenvalue weighted by Gasteiger charge is -2.18. The molecule has 0 fully saturated rings. The molecule has 0 saturated heterocycles. The highest BCUT2D eigenvalue weighted by Gasteiger charge is 2.23. The lowest BCUT2D eigenvalue weighted by atomic mass is 10.1. The molecule has 144 valence electrons. The number of aryl methyl sites for hydroxylation is 2. The van der Waals surface area contributed by atoms with E-state index in [0.717, 1.165) is 11.1 Å². The number of benzene rings is 3. The average Bonchev–Trinajstić information content (AvgIpc) is 2.67. The van der Waals surface area contributed by atoms with E-state index >= 15 is 0 Å². The maximum Gasteiger partial charge on any atom is 0.345 e. The molecule has 5 heteroatoms. The Balaban J connectivity index is 1.85. The summed E-state index contributed by atoms with van der Waals surface area (Å²) in [5.41, 5.74) is 2.82. The Morgan fingerprint density at radius 1 is 0.964 bits per heavy atom. The molecule has 0 heterocycles. The van der Waals surface area contributed by atoms with Gasteiger partial charge in [-0.2, -0.15) is 0 Å². The third kappa shape index (κ3) is 5.05. The lowest BCUT2D eigenvalue weighted by Crippen LogP contribution is -2.29. The van der Waals surface area contributed by atoms with Crippen LogP contribution in [0.25, 0.3) is 0 Å². The summed E-state index contributed by atoms with van der Waals surface area (Å²) in [6.45, 7) is 3.95. The van der Waals surface area contributed by atoms with Crippen LogP contribution in [0.15, 0.2) is 66.7 Å². The van der Waals surface area contributed by atoms with Crippen molar-refractivity contribution in [2.24, 2.45) is 0 Å². The smallest absolute Gasteiger partial charge is 0.345 e. The Labute approximate surface area is 169 Å². The van der Waals surface area contributed by atoms with Crippen molar-refractivity contribution in [2.45, 2.75) is 26.4 Å². The summed E-state index contributed by atoms with van der Waals surface area (Å²) in [6.07, 6.45) is -0.955. The number of aliphatic carboxylic acids is 1. The standard InChI is InChI=1S/C23H21ClO4/c1-15-8-10-20(12-16(15)2)28-22(23(25)26)14-17-13-18(24)9-11-21(17)27-19-6-4-3-5-7-19/h3-13,22H,14H2,1-2H3,(H,25,26). The number of para-hydroxylation sites is 1. The lowest BCUT2D eigenvalue weighted by molar-refractivity contribution is -0.145. The molecule has 0 aliphatic heterocycles. The number of hydrogen-bond donors (Lipinski definition) is 1. The first-order valence-electron chi connectivity index (χ1n) is 8.90. The number of carboxylic acid groups (broad SMARTS) is 1. The van der Waals surface area contributed by atoms with Gasteiger partial charge in [0.25, 0.3) is 0 Å². The molecular formula is C23H21ClO4. The summed E-state index contributed by atoms with van der Waals surface area (Å²) >= 11 is 6.14. The average molecular weight is 397 g/mol. The molecule has 0 spiro atoms. The van der Waals surface area contributed by atoms with Gasteiger partial charge in [-0.25, -0.2) is 4.79 Å². The minimum Gasteiger partial charge on any atom is -0.478 e. The molecule has 3 aromatic rings. The molecule has 3 aromatic carbocycles. The second-order valence-electron chi connectivity index (χ2n) is 6.56. The fraction of sp³-hybridized carbons (Fsp3) is 0.174. The van der Waals surface area contributed by atoms with Gasteiger partial charge in [0.15, 0.2) is 6.10 Å². The summed E-state index contributed by atoms with van der Waals surface area (Å²) in [5, 5.41) is 10.2. The van der Waals surface area contributed by atoms with Crippen molar-refractivity contribution >= 4 is 17.6 Å². The van der Waals surface area contributed by atoms with Gasteiger partial charge in [-0.15, -0.1) is 0 Å². The molecule has 1 N–H and O–H groups in total. The minimum atomic E-state index is -1.07. The SMILES string of the molecule is Cc1ccc(OC(Cc2cc(Cl)ccc2Oc2ccccc2)C(=O)O)cc1C. The summed E-state index contributed by atoms with van der Waals surface area (Å²) in [7, 11) is 0. The highest BCUT2D eigenvalue weighted by Crippen LogP contribution is 2.30. The van der Waals surface area contributed by atoms with Crippen molar-refractivity contribution in [1.82, 2.24) is 0 Å². The maximum atomic E-state index is 11.8. The molecular weight excluding hydrogens is 376 g/mol. The fourth-order valence-electron chi connectivity index (χ4n) is 2.75. The first kappa shape index (κ1) is 19.8. The van der Waals surface area contributed by atoms with Gasteiger partial charge in [0.1, 0.15) is 17.2 Å². The predicted molar refractivity (Wildman–Crippen MR) is 110 cm³/mol. The fourth-order valence-corrected chi connectivity index (χ4v) is 2.95. The van der Waals surface area contributed by atoms with E-state index in [4.69, 9.17) is 21.1 Å². The number of halogens is 1. The van der Waals surface area contributed by atoms with E-state index in [1.54, 1.807) is 24.3 Å². The summed E-state index contributed by atoms with van der Waals surface area (Å²) in [5.74, 6) is 0.672. The van der Waals surface area contributed by atoms with Crippen LogP contribution in [0, 0.1) is 13.8 Å². The Morgan fingerprint density at radius 2 is 1.71 bits per heavy atom. The Hall–Kier alpha value is -2.98. The third-order valence-electron chi connectivity index (χ3n) is 4.43. The predicted octanol–water partition coefficient (Wildman–Crippen LogP) is 5.82. The van der Waals surface area contributed by atoms with E-state index in [1.165, 1.54) is 0 Å². The molecule has 4 nitrogen and oxygen atoms in total. The van der Waals surface area contributed by atoms with Crippen molar-refractivity contribution in [3.8, 4) is 17.2 Å². The highest BCUT2D eigenvalue weighted by atomic mass is 35.5. The second kappa shape index (κ2) is 8.81. The third-order valence-corrected chi connectivity index (χ3v) is 4.67. The van der Waals surface area contributed by atoms with Crippen molar-refractivity contribution in [2.75, 3.05) is 0 Å². The molecule has 0 bridgehead atoms. The molecule has 0 radical (unpaired) electrons. The highest BCUT2D eigenvalue weighted by molar-refractivity contribution is 6.30. The molecule has 3 rings (SSSR count). The van der Waals surface area contributed by atoms with Gasteiger partial charge in [-0.1, -0.05) is 35.9 Å². The largest absolute Gasteiger partial charge is 0.478 e. The maximum absolute atomic E-state index is 11.8. The van der Waals surface area contributed by atoms with E-state index < -0.39 is 12.1 Å². The van der Waals surface area contributed by atoms with Gasteiger partial charge in [-0.05, 0) is 67.4 Å². The summed E-state index contributed by atoms with van der Waals surface area (Å²) < 4.78 is 11.7. The van der Waals surface area contributed by atoms with Gasteiger partial charge in [0.05, 0.1) is 0 Å². The number of rotatable bonds is 7. The second-order valence-corrected chi connectivity index (χ2v) is 7.00. The number of ether oxygens (including phenoxy) is 2. The van der Waals surface area contributed by atoms with E-state index in [-0.39, 0.29) is 6.42 Å². The normalized spacial score (nSPS) is 11.7. The zero-order chi connectivity index (χ0) is 20.1. The van der Waals surface area contributed by atoms with Crippen molar-refractivity contribution in [3.63, 3.8) is 0 Å². The van der Waals surface area contributed by atoms with Crippen molar-refractivity contribution in [3.05, 3.63) is 88.4 Å². The quantitative estimate of drug-likeness (QED) is 0.546. The van der Waals surface area contributed by atoms with Gasteiger partial charge >= 0.3 is 5.97 Å². The zero-order valence-corrected chi connectivity index (χ0v) is 16.4.